The second kappa shape index (κ2) is 9.01. The van der Waals surface area contributed by atoms with Crippen LogP contribution in [0.5, 0.6) is 5.88 Å². The van der Waals surface area contributed by atoms with Crippen molar-refractivity contribution < 1.29 is 9.47 Å². The number of nitrogens with zero attached hydrogens (tertiary/aromatic N) is 6. The van der Waals surface area contributed by atoms with Crippen LogP contribution in [0.2, 0.25) is 0 Å². The van der Waals surface area contributed by atoms with E-state index in [4.69, 9.17) is 9.47 Å². The number of hydrogen-bond donors (Lipinski definition) is 0. The molecule has 3 aromatic rings. The Kier molecular flexibility index (Phi) is 5.80. The van der Waals surface area contributed by atoms with Crippen LogP contribution < -0.4 is 14.5 Å². The van der Waals surface area contributed by atoms with E-state index in [-0.39, 0.29) is 6.10 Å². The number of hydrogen-bond acceptors (Lipinski definition) is 8. The van der Waals surface area contributed by atoms with Gasteiger partial charge in [-0.1, -0.05) is 0 Å². The summed E-state index contributed by atoms with van der Waals surface area (Å²) in [6.07, 6.45) is 8.39. The second-order valence-electron chi connectivity index (χ2n) is 8.14. The highest BCUT2D eigenvalue weighted by Gasteiger charge is 2.21. The van der Waals surface area contributed by atoms with Gasteiger partial charge in [0.15, 0.2) is 5.82 Å². The quantitative estimate of drug-likeness (QED) is 0.602. The molecule has 1 saturated carbocycles. The molecule has 2 aliphatic rings. The van der Waals surface area contributed by atoms with Crippen LogP contribution in [-0.2, 0) is 11.3 Å². The summed E-state index contributed by atoms with van der Waals surface area (Å²) in [4.78, 5) is 22.5. The Labute approximate surface area is 182 Å². The average Bonchev–Trinajstić information content (AvgIpc) is 3.33. The van der Waals surface area contributed by atoms with E-state index in [9.17, 15) is 0 Å². The molecule has 8 heteroatoms. The van der Waals surface area contributed by atoms with Gasteiger partial charge in [0.1, 0.15) is 24.9 Å². The normalized spacial score (nSPS) is 17.5. The van der Waals surface area contributed by atoms with Crippen molar-refractivity contribution in [3.8, 4) is 5.88 Å². The summed E-state index contributed by atoms with van der Waals surface area (Å²) in [5, 5.41) is 0.995. The third kappa shape index (κ3) is 4.39. The van der Waals surface area contributed by atoms with Crippen molar-refractivity contribution in [3.63, 3.8) is 0 Å². The smallest absolute Gasteiger partial charge is 0.224 e. The number of anilines is 2. The summed E-state index contributed by atoms with van der Waals surface area (Å²) in [6.45, 7) is 4.07. The first kappa shape index (κ1) is 19.9. The van der Waals surface area contributed by atoms with E-state index in [1.165, 1.54) is 18.5 Å². The molecule has 0 spiro atoms. The SMILES string of the molecule is COCc1nccc(N2CCN(c3ccc4ncnc(OC5CCCC5)c4c3)CC2)n1. The van der Waals surface area contributed by atoms with Crippen LogP contribution >= 0.6 is 0 Å². The fourth-order valence-electron chi connectivity index (χ4n) is 4.43. The minimum atomic E-state index is 0.279. The predicted octanol–water partition coefficient (Wildman–Crippen LogP) is 3.21. The minimum absolute atomic E-state index is 0.279. The van der Waals surface area contributed by atoms with Crippen LogP contribution in [0.1, 0.15) is 31.5 Å². The van der Waals surface area contributed by atoms with E-state index >= 15 is 0 Å². The lowest BCUT2D eigenvalue weighted by Crippen LogP contribution is -2.46. The molecule has 1 aliphatic heterocycles. The molecule has 2 fully saturated rings. The Bertz CT molecular complexity index is 1030. The summed E-state index contributed by atoms with van der Waals surface area (Å²) in [6, 6.07) is 8.36. The first-order valence-corrected chi connectivity index (χ1v) is 11.0. The van der Waals surface area contributed by atoms with Gasteiger partial charge in [0.05, 0.1) is 10.9 Å². The summed E-state index contributed by atoms with van der Waals surface area (Å²) >= 11 is 0. The fourth-order valence-corrected chi connectivity index (χ4v) is 4.43. The molecule has 0 N–H and O–H groups in total. The Hall–Kier alpha value is -3.00. The third-order valence-electron chi connectivity index (χ3n) is 6.10. The monoisotopic (exact) mass is 420 g/mol. The Morgan fingerprint density at radius 3 is 2.58 bits per heavy atom. The maximum atomic E-state index is 6.23. The molecule has 162 valence electrons. The highest BCUT2D eigenvalue weighted by Crippen LogP contribution is 2.30. The lowest BCUT2D eigenvalue weighted by atomic mass is 10.2. The van der Waals surface area contributed by atoms with Gasteiger partial charge in [0, 0.05) is 45.2 Å². The lowest BCUT2D eigenvalue weighted by Gasteiger charge is -2.36. The summed E-state index contributed by atoms with van der Waals surface area (Å²) in [5.74, 6) is 2.39. The summed E-state index contributed by atoms with van der Waals surface area (Å²) in [7, 11) is 1.66. The van der Waals surface area contributed by atoms with Crippen molar-refractivity contribution in [1.82, 2.24) is 19.9 Å². The molecule has 31 heavy (non-hydrogen) atoms. The zero-order chi connectivity index (χ0) is 21.0. The van der Waals surface area contributed by atoms with E-state index in [1.807, 2.05) is 6.07 Å². The molecule has 5 rings (SSSR count). The number of ether oxygens (including phenoxy) is 2. The number of piperazine rings is 1. The van der Waals surface area contributed by atoms with Crippen molar-refractivity contribution in [3.05, 3.63) is 42.6 Å². The molecule has 0 radical (unpaired) electrons. The molecule has 0 unspecified atom stereocenters. The maximum Gasteiger partial charge on any atom is 0.224 e. The maximum absolute atomic E-state index is 6.23. The van der Waals surface area contributed by atoms with E-state index in [0.29, 0.717) is 18.3 Å². The van der Waals surface area contributed by atoms with Gasteiger partial charge in [-0.2, -0.15) is 0 Å². The average molecular weight is 421 g/mol. The number of fused-ring (bicyclic) bond motifs is 1. The number of methoxy groups -OCH3 is 1. The molecular weight excluding hydrogens is 392 g/mol. The predicted molar refractivity (Wildman–Crippen MR) is 120 cm³/mol. The molecule has 0 amide bonds. The van der Waals surface area contributed by atoms with Crippen LogP contribution in [0, 0.1) is 0 Å². The van der Waals surface area contributed by atoms with Crippen molar-refractivity contribution in [1.29, 1.82) is 0 Å². The van der Waals surface area contributed by atoms with Crippen molar-refractivity contribution in [2.45, 2.75) is 38.4 Å². The topological polar surface area (TPSA) is 76.5 Å². The molecule has 1 aliphatic carbocycles. The van der Waals surface area contributed by atoms with Crippen LogP contribution in [0.15, 0.2) is 36.8 Å². The summed E-state index contributed by atoms with van der Waals surface area (Å²) < 4.78 is 11.4. The third-order valence-corrected chi connectivity index (χ3v) is 6.10. The zero-order valence-electron chi connectivity index (χ0n) is 17.9. The van der Waals surface area contributed by atoms with Gasteiger partial charge >= 0.3 is 0 Å². The van der Waals surface area contributed by atoms with Crippen LogP contribution in [0.4, 0.5) is 11.5 Å². The molecular formula is C23H28N6O2. The van der Waals surface area contributed by atoms with Crippen LogP contribution in [-0.4, -0.2) is 59.3 Å². The standard InChI is InChI=1S/C23H28N6O2/c1-30-15-21-24-9-8-22(27-21)29-12-10-28(11-13-29)17-6-7-20-19(14-17)23(26-16-25-20)31-18-4-2-3-5-18/h6-9,14,16,18H,2-5,10-13,15H2,1H3. The Morgan fingerprint density at radius 1 is 0.968 bits per heavy atom. The van der Waals surface area contributed by atoms with Gasteiger partial charge in [0.25, 0.3) is 0 Å². The number of rotatable bonds is 6. The van der Waals surface area contributed by atoms with E-state index < -0.39 is 0 Å². The van der Waals surface area contributed by atoms with Crippen molar-refractivity contribution in [2.75, 3.05) is 43.1 Å². The molecule has 0 bridgehead atoms. The highest BCUT2D eigenvalue weighted by molar-refractivity contribution is 5.86. The van der Waals surface area contributed by atoms with E-state index in [2.05, 4.69) is 47.9 Å². The largest absolute Gasteiger partial charge is 0.474 e. The number of benzene rings is 1. The summed E-state index contributed by atoms with van der Waals surface area (Å²) in [5.41, 5.74) is 2.11. The van der Waals surface area contributed by atoms with Gasteiger partial charge < -0.3 is 19.3 Å². The van der Waals surface area contributed by atoms with Gasteiger partial charge in [0.2, 0.25) is 5.88 Å². The highest BCUT2D eigenvalue weighted by atomic mass is 16.5. The van der Waals surface area contributed by atoms with Gasteiger partial charge in [-0.05, 0) is 49.9 Å². The fraction of sp³-hybridized carbons (Fsp3) is 0.478. The Morgan fingerprint density at radius 2 is 1.77 bits per heavy atom. The van der Waals surface area contributed by atoms with Crippen molar-refractivity contribution in [2.24, 2.45) is 0 Å². The molecule has 0 atom stereocenters. The van der Waals surface area contributed by atoms with Gasteiger partial charge in [-0.3, -0.25) is 0 Å². The van der Waals surface area contributed by atoms with Crippen molar-refractivity contribution >= 4 is 22.4 Å². The van der Waals surface area contributed by atoms with Gasteiger partial charge in [-0.15, -0.1) is 0 Å². The molecule has 2 aromatic heterocycles. The number of aromatic nitrogens is 4. The second-order valence-corrected chi connectivity index (χ2v) is 8.14. The first-order chi connectivity index (χ1) is 15.3. The van der Waals surface area contributed by atoms with Crippen LogP contribution in [0.25, 0.3) is 10.9 Å². The lowest BCUT2D eigenvalue weighted by molar-refractivity contribution is 0.178. The van der Waals surface area contributed by atoms with Gasteiger partial charge in [-0.25, -0.2) is 19.9 Å². The first-order valence-electron chi connectivity index (χ1n) is 11.0. The molecule has 3 heterocycles. The van der Waals surface area contributed by atoms with E-state index in [1.54, 1.807) is 19.6 Å². The Balaban J connectivity index is 1.31. The minimum Gasteiger partial charge on any atom is -0.474 e. The molecule has 8 nitrogen and oxygen atoms in total. The molecule has 1 saturated heterocycles. The zero-order valence-corrected chi connectivity index (χ0v) is 17.9. The molecule has 1 aromatic carbocycles. The van der Waals surface area contributed by atoms with E-state index in [0.717, 1.165) is 55.7 Å². The van der Waals surface area contributed by atoms with Crippen LogP contribution in [0.3, 0.4) is 0 Å².